The van der Waals surface area contributed by atoms with Gasteiger partial charge in [-0.3, -0.25) is 4.55 Å². The number of hydrogen-bond donors (Lipinski definition) is 1. The first-order chi connectivity index (χ1) is 12.7. The summed E-state index contributed by atoms with van der Waals surface area (Å²) in [5.41, 5.74) is 1.10. The second-order valence-electron chi connectivity index (χ2n) is 6.40. The second-order valence-corrected chi connectivity index (χ2v) is 8.84. The predicted octanol–water partition coefficient (Wildman–Crippen LogP) is 5.69. The van der Waals surface area contributed by atoms with Gasteiger partial charge in [-0.25, -0.2) is 17.6 Å². The summed E-state index contributed by atoms with van der Waals surface area (Å²) >= 11 is 0.437. The quantitative estimate of drug-likeness (QED) is 0.392. The molecule has 146 valence electrons. The normalized spacial score (nSPS) is 15.9. The van der Waals surface area contributed by atoms with E-state index in [1.807, 2.05) is 12.1 Å². The highest BCUT2D eigenvalue weighted by molar-refractivity contribution is 7.99. The molecule has 0 amide bonds. The van der Waals surface area contributed by atoms with Gasteiger partial charge in [0.15, 0.2) is 28.2 Å². The monoisotopic (exact) mass is 420 g/mol. The van der Waals surface area contributed by atoms with E-state index in [4.69, 9.17) is 4.55 Å². The minimum Gasteiger partial charge on any atom is -0.282 e. The lowest BCUT2D eigenvalue weighted by Gasteiger charge is -2.22. The lowest BCUT2D eigenvalue weighted by molar-refractivity contribution is 0.384. The topological polar surface area (TPSA) is 54.4 Å². The molecular weight excluding hydrogens is 404 g/mol. The highest BCUT2D eigenvalue weighted by atomic mass is 32.2. The second kappa shape index (κ2) is 7.81. The Labute approximate surface area is 158 Å². The molecule has 1 fully saturated rings. The number of benzene rings is 2. The molecule has 3 rings (SSSR count). The minimum absolute atomic E-state index is 0.339. The Kier molecular flexibility index (Phi) is 5.83. The van der Waals surface area contributed by atoms with Gasteiger partial charge in [0.1, 0.15) is 0 Å². The van der Waals surface area contributed by atoms with E-state index in [1.165, 1.54) is 6.42 Å². The van der Waals surface area contributed by atoms with Crippen molar-refractivity contribution in [1.29, 1.82) is 0 Å². The zero-order chi connectivity index (χ0) is 19.8. The third-order valence-corrected chi connectivity index (χ3v) is 6.56. The van der Waals surface area contributed by atoms with Crippen molar-refractivity contribution in [2.75, 3.05) is 0 Å². The third kappa shape index (κ3) is 4.14. The largest absolute Gasteiger partial charge is 0.300 e. The van der Waals surface area contributed by atoms with Crippen LogP contribution in [0.5, 0.6) is 0 Å². The van der Waals surface area contributed by atoms with Gasteiger partial charge in [0.05, 0.1) is 4.90 Å². The van der Waals surface area contributed by atoms with Crippen LogP contribution in [0, 0.1) is 23.3 Å². The Bertz CT molecular complexity index is 925. The Morgan fingerprint density at radius 3 is 1.85 bits per heavy atom. The summed E-state index contributed by atoms with van der Waals surface area (Å²) in [5, 5.41) is 0. The molecule has 0 saturated heterocycles. The summed E-state index contributed by atoms with van der Waals surface area (Å²) in [7, 11) is -5.46. The zero-order valence-electron chi connectivity index (χ0n) is 14.0. The molecule has 0 aromatic heterocycles. The van der Waals surface area contributed by atoms with Gasteiger partial charge in [-0.1, -0.05) is 43.2 Å². The lowest BCUT2D eigenvalue weighted by atomic mass is 9.84. The Morgan fingerprint density at radius 1 is 0.852 bits per heavy atom. The highest BCUT2D eigenvalue weighted by Crippen LogP contribution is 2.38. The van der Waals surface area contributed by atoms with E-state index in [-0.39, 0.29) is 0 Å². The number of hydrogen-bond acceptors (Lipinski definition) is 3. The summed E-state index contributed by atoms with van der Waals surface area (Å²) in [5.74, 6) is -7.63. The molecule has 0 bridgehead atoms. The Morgan fingerprint density at radius 2 is 1.37 bits per heavy atom. The van der Waals surface area contributed by atoms with Crippen LogP contribution in [0.1, 0.15) is 43.6 Å². The van der Waals surface area contributed by atoms with E-state index < -0.39 is 43.2 Å². The van der Waals surface area contributed by atoms with E-state index >= 15 is 0 Å². The van der Waals surface area contributed by atoms with Gasteiger partial charge < -0.3 is 0 Å². The van der Waals surface area contributed by atoms with Crippen molar-refractivity contribution < 1.29 is 30.5 Å². The van der Waals surface area contributed by atoms with Crippen molar-refractivity contribution in [2.24, 2.45) is 0 Å². The molecule has 1 aliphatic rings. The first-order valence-corrected chi connectivity index (χ1v) is 10.6. The van der Waals surface area contributed by atoms with Gasteiger partial charge in [-0.15, -0.1) is 0 Å². The summed E-state index contributed by atoms with van der Waals surface area (Å²) in [6.07, 6.45) is 5.65. The molecule has 0 spiro atoms. The molecule has 0 aliphatic heterocycles. The van der Waals surface area contributed by atoms with E-state index in [0.29, 0.717) is 22.6 Å². The van der Waals surface area contributed by atoms with Crippen molar-refractivity contribution in [3.8, 4) is 0 Å². The van der Waals surface area contributed by atoms with Crippen molar-refractivity contribution in [1.82, 2.24) is 0 Å². The van der Waals surface area contributed by atoms with Crippen molar-refractivity contribution in [2.45, 2.75) is 52.7 Å². The zero-order valence-corrected chi connectivity index (χ0v) is 15.6. The summed E-state index contributed by atoms with van der Waals surface area (Å²) in [6.45, 7) is 0. The first kappa shape index (κ1) is 20.2. The van der Waals surface area contributed by atoms with E-state index in [1.54, 1.807) is 12.1 Å². The van der Waals surface area contributed by atoms with Crippen molar-refractivity contribution in [3.63, 3.8) is 0 Å². The molecule has 9 heteroatoms. The molecule has 2 aromatic carbocycles. The molecule has 0 heterocycles. The van der Waals surface area contributed by atoms with Gasteiger partial charge in [0.2, 0.25) is 0 Å². The third-order valence-electron chi connectivity index (χ3n) is 4.62. The molecule has 0 radical (unpaired) electrons. The molecule has 0 unspecified atom stereocenters. The molecule has 0 atom stereocenters. The summed E-state index contributed by atoms with van der Waals surface area (Å²) in [4.78, 5) is -2.71. The van der Waals surface area contributed by atoms with Gasteiger partial charge in [-0.05, 0) is 36.5 Å². The van der Waals surface area contributed by atoms with Crippen molar-refractivity contribution >= 4 is 21.9 Å². The summed E-state index contributed by atoms with van der Waals surface area (Å²) in [6, 6.07) is 6.82. The van der Waals surface area contributed by atoms with Crippen LogP contribution in [0.2, 0.25) is 0 Å². The minimum atomic E-state index is -5.46. The van der Waals surface area contributed by atoms with Crippen LogP contribution in [0.4, 0.5) is 17.6 Å². The van der Waals surface area contributed by atoms with Crippen LogP contribution in [-0.2, 0) is 10.1 Å². The van der Waals surface area contributed by atoms with Crippen LogP contribution in [0.3, 0.4) is 0 Å². The molecule has 27 heavy (non-hydrogen) atoms. The highest BCUT2D eigenvalue weighted by Gasteiger charge is 2.32. The molecule has 1 aliphatic carbocycles. The molecule has 1 N–H and O–H groups in total. The van der Waals surface area contributed by atoms with Gasteiger partial charge in [0, 0.05) is 4.90 Å². The maximum Gasteiger partial charge on any atom is 0.300 e. The van der Waals surface area contributed by atoms with E-state index in [9.17, 15) is 26.0 Å². The van der Waals surface area contributed by atoms with Crippen LogP contribution in [-0.4, -0.2) is 13.0 Å². The molecule has 1 saturated carbocycles. The summed E-state index contributed by atoms with van der Waals surface area (Å²) < 4.78 is 86.7. The van der Waals surface area contributed by atoms with Gasteiger partial charge in [-0.2, -0.15) is 8.42 Å². The van der Waals surface area contributed by atoms with E-state index in [0.717, 1.165) is 31.2 Å². The lowest BCUT2D eigenvalue weighted by Crippen LogP contribution is -2.11. The maximum atomic E-state index is 14.1. The standard InChI is InChI=1S/C18H16F4O3S2/c19-13-15(21)18(27(23,24)25)16(22)14(20)17(13)26-12-8-6-11(7-9-12)10-4-2-1-3-5-10/h6-10H,1-5H2,(H,23,24,25). The van der Waals surface area contributed by atoms with E-state index in [2.05, 4.69) is 0 Å². The van der Waals surface area contributed by atoms with Crippen LogP contribution >= 0.6 is 11.8 Å². The Hall–Kier alpha value is -1.58. The fourth-order valence-electron chi connectivity index (χ4n) is 3.27. The number of rotatable bonds is 4. The smallest absolute Gasteiger partial charge is 0.282 e. The van der Waals surface area contributed by atoms with Gasteiger partial charge >= 0.3 is 10.1 Å². The number of halogens is 4. The molecule has 2 aromatic rings. The van der Waals surface area contributed by atoms with Crippen molar-refractivity contribution in [3.05, 3.63) is 53.1 Å². The molecular formula is C18H16F4O3S2. The first-order valence-electron chi connectivity index (χ1n) is 8.31. The fraction of sp³-hybridized carbons (Fsp3) is 0.333. The maximum absolute atomic E-state index is 14.1. The average molecular weight is 420 g/mol. The average Bonchev–Trinajstić information content (AvgIpc) is 2.64. The Balaban J connectivity index is 1.92. The predicted molar refractivity (Wildman–Crippen MR) is 92.5 cm³/mol. The molecule has 3 nitrogen and oxygen atoms in total. The van der Waals surface area contributed by atoms with Crippen LogP contribution in [0.15, 0.2) is 39.0 Å². The van der Waals surface area contributed by atoms with Gasteiger partial charge in [0.25, 0.3) is 0 Å². The van der Waals surface area contributed by atoms with Crippen LogP contribution < -0.4 is 0 Å². The SMILES string of the molecule is O=S(=O)(O)c1c(F)c(F)c(Sc2ccc(C3CCCCC3)cc2)c(F)c1F. The fourth-order valence-corrected chi connectivity index (χ4v) is 4.77. The van der Waals surface area contributed by atoms with Crippen LogP contribution in [0.25, 0.3) is 0 Å².